The van der Waals surface area contributed by atoms with E-state index in [1.54, 1.807) is 66.7 Å². The summed E-state index contributed by atoms with van der Waals surface area (Å²) in [4.78, 5) is 39.5. The number of amides is 3. The highest BCUT2D eigenvalue weighted by molar-refractivity contribution is 9.10. The van der Waals surface area contributed by atoms with Gasteiger partial charge in [-0.05, 0) is 52.3 Å². The minimum Gasteiger partial charge on any atom is -0.321 e. The van der Waals surface area contributed by atoms with Crippen LogP contribution in [0.25, 0.3) is 0 Å². The monoisotopic (exact) mass is 420 g/mol. The molecule has 0 saturated carbocycles. The van der Waals surface area contributed by atoms with Crippen LogP contribution in [-0.2, 0) is 0 Å². The van der Waals surface area contributed by atoms with Crippen LogP contribution in [0.4, 0.5) is 11.4 Å². The molecule has 0 bridgehead atoms. The highest BCUT2D eigenvalue weighted by Crippen LogP contribution is 2.33. The van der Waals surface area contributed by atoms with Gasteiger partial charge in [-0.2, -0.15) is 0 Å². The topological polar surface area (TPSA) is 66.5 Å². The number of halogens is 1. The Bertz CT molecular complexity index is 1080. The Morgan fingerprint density at radius 1 is 0.815 bits per heavy atom. The van der Waals surface area contributed by atoms with Crippen molar-refractivity contribution in [1.29, 1.82) is 0 Å². The number of imide groups is 1. The first-order chi connectivity index (χ1) is 13.1. The molecule has 1 aliphatic rings. The van der Waals surface area contributed by atoms with Crippen LogP contribution in [0.5, 0.6) is 0 Å². The smallest absolute Gasteiger partial charge is 0.268 e. The molecule has 0 aliphatic carbocycles. The predicted octanol–water partition coefficient (Wildman–Crippen LogP) is 4.50. The number of nitrogens with zero attached hydrogens (tertiary/aromatic N) is 1. The molecule has 6 heteroatoms. The molecule has 132 valence electrons. The van der Waals surface area contributed by atoms with E-state index in [0.29, 0.717) is 21.4 Å². The molecule has 4 rings (SSSR count). The molecule has 27 heavy (non-hydrogen) atoms. The number of benzene rings is 3. The van der Waals surface area contributed by atoms with Crippen molar-refractivity contribution >= 4 is 45.0 Å². The molecule has 3 aromatic rings. The van der Waals surface area contributed by atoms with Crippen LogP contribution in [-0.4, -0.2) is 17.7 Å². The summed E-state index contributed by atoms with van der Waals surface area (Å²) in [7, 11) is 0. The molecular weight excluding hydrogens is 408 g/mol. The standard InChI is InChI=1S/C21H13BrN2O3/c22-16-11-5-4-9-14(16)19(25)23-17-12-6-10-15-18(17)21(27)24(20(15)26)13-7-2-1-3-8-13/h1-12H,(H,23,25). The number of anilines is 2. The third-order valence-corrected chi connectivity index (χ3v) is 4.99. The number of hydrogen-bond donors (Lipinski definition) is 1. The number of nitrogens with one attached hydrogen (secondary N) is 1. The lowest BCUT2D eigenvalue weighted by molar-refractivity contribution is 0.0926. The quantitative estimate of drug-likeness (QED) is 0.634. The molecule has 1 heterocycles. The average Bonchev–Trinajstić information content (AvgIpc) is 2.94. The highest BCUT2D eigenvalue weighted by atomic mass is 79.9. The number of para-hydroxylation sites is 1. The number of carbonyl (C=O) groups excluding carboxylic acids is 3. The van der Waals surface area contributed by atoms with Crippen molar-refractivity contribution in [3.8, 4) is 0 Å². The fraction of sp³-hybridized carbons (Fsp3) is 0. The lowest BCUT2D eigenvalue weighted by Gasteiger charge is -2.14. The Balaban J connectivity index is 1.72. The molecule has 0 saturated heterocycles. The van der Waals surface area contributed by atoms with Gasteiger partial charge in [-0.1, -0.05) is 36.4 Å². The Kier molecular flexibility index (Phi) is 4.33. The maximum atomic E-state index is 13.0. The van der Waals surface area contributed by atoms with E-state index in [-0.39, 0.29) is 17.0 Å². The fourth-order valence-corrected chi connectivity index (χ4v) is 3.50. The van der Waals surface area contributed by atoms with Gasteiger partial charge in [-0.25, -0.2) is 4.90 Å². The van der Waals surface area contributed by atoms with E-state index in [1.807, 2.05) is 6.07 Å². The fourth-order valence-electron chi connectivity index (χ4n) is 3.04. The largest absolute Gasteiger partial charge is 0.321 e. The first kappa shape index (κ1) is 17.2. The Hall–Kier alpha value is -3.25. The maximum Gasteiger partial charge on any atom is 0.268 e. The number of carbonyl (C=O) groups is 3. The van der Waals surface area contributed by atoms with Crippen molar-refractivity contribution in [2.45, 2.75) is 0 Å². The van der Waals surface area contributed by atoms with Crippen molar-refractivity contribution in [3.63, 3.8) is 0 Å². The second kappa shape index (κ2) is 6.81. The lowest BCUT2D eigenvalue weighted by Crippen LogP contribution is -2.29. The number of hydrogen-bond acceptors (Lipinski definition) is 3. The van der Waals surface area contributed by atoms with Crippen LogP contribution < -0.4 is 10.2 Å². The van der Waals surface area contributed by atoms with E-state index in [0.717, 1.165) is 4.90 Å². The molecule has 0 aromatic heterocycles. The van der Waals surface area contributed by atoms with Gasteiger partial charge in [0, 0.05) is 4.47 Å². The van der Waals surface area contributed by atoms with Gasteiger partial charge < -0.3 is 5.32 Å². The average molecular weight is 421 g/mol. The molecule has 3 aromatic carbocycles. The van der Waals surface area contributed by atoms with E-state index < -0.39 is 11.8 Å². The van der Waals surface area contributed by atoms with Crippen LogP contribution in [0.2, 0.25) is 0 Å². The number of rotatable bonds is 3. The van der Waals surface area contributed by atoms with E-state index in [4.69, 9.17) is 0 Å². The third-order valence-electron chi connectivity index (χ3n) is 4.30. The van der Waals surface area contributed by atoms with E-state index in [9.17, 15) is 14.4 Å². The van der Waals surface area contributed by atoms with Crippen molar-refractivity contribution < 1.29 is 14.4 Å². The van der Waals surface area contributed by atoms with Gasteiger partial charge >= 0.3 is 0 Å². The zero-order chi connectivity index (χ0) is 19.0. The van der Waals surface area contributed by atoms with Gasteiger partial charge in [0.05, 0.1) is 28.1 Å². The minimum absolute atomic E-state index is 0.201. The van der Waals surface area contributed by atoms with Crippen molar-refractivity contribution in [3.05, 3.63) is 94.0 Å². The number of fused-ring (bicyclic) bond motifs is 1. The lowest BCUT2D eigenvalue weighted by atomic mass is 10.1. The van der Waals surface area contributed by atoms with E-state index in [1.165, 1.54) is 0 Å². The van der Waals surface area contributed by atoms with E-state index >= 15 is 0 Å². The third kappa shape index (κ3) is 2.94. The van der Waals surface area contributed by atoms with Crippen LogP contribution in [0, 0.1) is 0 Å². The molecule has 3 amide bonds. The summed E-state index contributed by atoms with van der Waals surface area (Å²) in [6.45, 7) is 0. The van der Waals surface area contributed by atoms with Gasteiger partial charge in [0.25, 0.3) is 17.7 Å². The van der Waals surface area contributed by atoms with Gasteiger partial charge in [-0.15, -0.1) is 0 Å². The Morgan fingerprint density at radius 2 is 1.52 bits per heavy atom. The van der Waals surface area contributed by atoms with Crippen LogP contribution in [0.3, 0.4) is 0 Å². The van der Waals surface area contributed by atoms with Crippen molar-refractivity contribution in [1.82, 2.24) is 0 Å². The van der Waals surface area contributed by atoms with Crippen molar-refractivity contribution in [2.24, 2.45) is 0 Å². The summed E-state index contributed by atoms with van der Waals surface area (Å²) in [5, 5.41) is 2.75. The van der Waals surface area contributed by atoms with Gasteiger partial charge in [0.1, 0.15) is 0 Å². The summed E-state index contributed by atoms with van der Waals surface area (Å²) in [6, 6.07) is 20.6. The molecule has 0 atom stereocenters. The molecule has 1 aliphatic heterocycles. The van der Waals surface area contributed by atoms with Gasteiger partial charge in [-0.3, -0.25) is 14.4 Å². The summed E-state index contributed by atoms with van der Waals surface area (Å²) in [5.74, 6) is -1.23. The van der Waals surface area contributed by atoms with Crippen molar-refractivity contribution in [2.75, 3.05) is 10.2 Å². The van der Waals surface area contributed by atoms with Crippen LogP contribution in [0.15, 0.2) is 77.3 Å². The van der Waals surface area contributed by atoms with Gasteiger partial charge in [0.15, 0.2) is 0 Å². The minimum atomic E-state index is -0.454. The Labute approximate surface area is 163 Å². The maximum absolute atomic E-state index is 13.0. The summed E-state index contributed by atoms with van der Waals surface area (Å²) in [5.41, 5.74) is 1.71. The highest BCUT2D eigenvalue weighted by Gasteiger charge is 2.38. The summed E-state index contributed by atoms with van der Waals surface area (Å²) in [6.07, 6.45) is 0. The van der Waals surface area contributed by atoms with Gasteiger partial charge in [0.2, 0.25) is 0 Å². The second-order valence-corrected chi connectivity index (χ2v) is 6.80. The normalized spacial score (nSPS) is 12.9. The molecule has 0 radical (unpaired) electrons. The molecule has 5 nitrogen and oxygen atoms in total. The molecular formula is C21H13BrN2O3. The molecule has 0 fully saturated rings. The molecule has 0 spiro atoms. The van der Waals surface area contributed by atoms with E-state index in [2.05, 4.69) is 21.2 Å². The second-order valence-electron chi connectivity index (χ2n) is 5.94. The first-order valence-electron chi connectivity index (χ1n) is 8.20. The van der Waals surface area contributed by atoms with Crippen LogP contribution >= 0.6 is 15.9 Å². The SMILES string of the molecule is O=C(Nc1cccc2c1C(=O)N(c1ccccc1)C2=O)c1ccccc1Br. The zero-order valence-corrected chi connectivity index (χ0v) is 15.6. The Morgan fingerprint density at radius 3 is 2.26 bits per heavy atom. The first-order valence-corrected chi connectivity index (χ1v) is 9.00. The molecule has 0 unspecified atom stereocenters. The summed E-state index contributed by atoms with van der Waals surface area (Å²) >= 11 is 3.34. The summed E-state index contributed by atoms with van der Waals surface area (Å²) < 4.78 is 0.642. The zero-order valence-electron chi connectivity index (χ0n) is 14.0. The molecule has 1 N–H and O–H groups in total. The predicted molar refractivity (Wildman–Crippen MR) is 106 cm³/mol. The van der Waals surface area contributed by atoms with Crippen LogP contribution in [0.1, 0.15) is 31.1 Å².